The van der Waals surface area contributed by atoms with Gasteiger partial charge in [-0.1, -0.05) is 36.4 Å². The number of hydrogen-bond donors (Lipinski definition) is 1. The maximum Gasteiger partial charge on any atom is 0.387 e. The third kappa shape index (κ3) is 6.19. The highest BCUT2D eigenvalue weighted by Gasteiger charge is 2.11. The van der Waals surface area contributed by atoms with Crippen LogP contribution in [0.25, 0.3) is 6.08 Å². The molecule has 0 aliphatic rings. The average molecular weight is 388 g/mol. The summed E-state index contributed by atoms with van der Waals surface area (Å²) in [6.07, 6.45) is 2.65. The smallest absolute Gasteiger partial charge is 0.387 e. The van der Waals surface area contributed by atoms with Crippen LogP contribution in [0.15, 0.2) is 54.6 Å². The third-order valence-electron chi connectivity index (χ3n) is 4.01. The molecule has 0 saturated heterocycles. The lowest BCUT2D eigenvalue weighted by atomic mass is 10.1. The first-order valence-electron chi connectivity index (χ1n) is 8.77. The van der Waals surface area contributed by atoms with Crippen molar-refractivity contribution in [3.8, 4) is 5.75 Å². The number of carbonyl (C=O) groups is 2. The number of benzene rings is 2. The van der Waals surface area contributed by atoms with E-state index in [9.17, 15) is 18.4 Å². The van der Waals surface area contributed by atoms with E-state index in [1.54, 1.807) is 35.2 Å². The average Bonchev–Trinajstić information content (AvgIpc) is 2.66. The molecule has 1 N–H and O–H groups in total. The fraction of sp³-hybridized carbons (Fsp3) is 0.238. The van der Waals surface area contributed by atoms with Gasteiger partial charge in [-0.15, -0.1) is 0 Å². The molecule has 0 radical (unpaired) electrons. The number of carbonyl (C=O) groups excluding carboxylic acids is 2. The van der Waals surface area contributed by atoms with Crippen LogP contribution < -0.4 is 10.1 Å². The molecule has 2 rings (SSSR count). The van der Waals surface area contributed by atoms with Crippen molar-refractivity contribution in [2.24, 2.45) is 0 Å². The van der Waals surface area contributed by atoms with Crippen LogP contribution in [-0.4, -0.2) is 29.9 Å². The Hall–Kier alpha value is -3.22. The minimum atomic E-state index is -2.95. The normalized spacial score (nSPS) is 10.9. The molecule has 5 nitrogen and oxygen atoms in total. The molecule has 2 aromatic carbocycles. The Morgan fingerprint density at radius 3 is 2.50 bits per heavy atom. The molecule has 0 aliphatic carbocycles. The van der Waals surface area contributed by atoms with Gasteiger partial charge in [-0.3, -0.25) is 9.59 Å². The van der Waals surface area contributed by atoms with Gasteiger partial charge in [0.25, 0.3) is 0 Å². The van der Waals surface area contributed by atoms with E-state index in [4.69, 9.17) is 0 Å². The van der Waals surface area contributed by atoms with E-state index in [0.29, 0.717) is 24.3 Å². The van der Waals surface area contributed by atoms with Gasteiger partial charge in [0.05, 0.1) is 0 Å². The second-order valence-electron chi connectivity index (χ2n) is 5.93. The Kier molecular flexibility index (Phi) is 7.68. The standard InChI is InChI=1S/C21H22F2N2O3/c1-3-25(15(2)26)14-17-9-4-6-10-18(17)24-20(27)13-12-16-8-5-7-11-19(16)28-21(22)23/h4-13,21H,3,14H2,1-2H3,(H,24,27)/b13-12+. The van der Waals surface area contributed by atoms with Crippen molar-refractivity contribution < 1.29 is 23.1 Å². The number of nitrogens with zero attached hydrogens (tertiary/aromatic N) is 1. The van der Waals surface area contributed by atoms with Crippen molar-refractivity contribution in [2.45, 2.75) is 27.0 Å². The Morgan fingerprint density at radius 1 is 1.14 bits per heavy atom. The summed E-state index contributed by atoms with van der Waals surface area (Å²) in [5, 5.41) is 2.76. The van der Waals surface area contributed by atoms with E-state index in [2.05, 4.69) is 10.1 Å². The van der Waals surface area contributed by atoms with Gasteiger partial charge in [0.15, 0.2) is 0 Å². The fourth-order valence-electron chi connectivity index (χ4n) is 2.59. The minimum absolute atomic E-state index is 0.0120. The summed E-state index contributed by atoms with van der Waals surface area (Å²) in [6.45, 7) is 1.35. The summed E-state index contributed by atoms with van der Waals surface area (Å²) in [5.41, 5.74) is 1.73. The Bertz CT molecular complexity index is 853. The molecule has 148 valence electrons. The Labute approximate surface area is 162 Å². The number of para-hydroxylation sites is 2. The highest BCUT2D eigenvalue weighted by Crippen LogP contribution is 2.22. The van der Waals surface area contributed by atoms with E-state index < -0.39 is 12.5 Å². The minimum Gasteiger partial charge on any atom is -0.434 e. The number of ether oxygens (including phenoxy) is 1. The molecule has 0 saturated carbocycles. The largest absolute Gasteiger partial charge is 0.434 e. The number of nitrogens with one attached hydrogen (secondary N) is 1. The summed E-state index contributed by atoms with van der Waals surface area (Å²) < 4.78 is 29.4. The van der Waals surface area contributed by atoms with Gasteiger partial charge in [-0.2, -0.15) is 8.78 Å². The fourth-order valence-corrected chi connectivity index (χ4v) is 2.59. The van der Waals surface area contributed by atoms with Crippen molar-refractivity contribution in [3.63, 3.8) is 0 Å². The van der Waals surface area contributed by atoms with Crippen LogP contribution in [0.1, 0.15) is 25.0 Å². The molecule has 28 heavy (non-hydrogen) atoms. The van der Waals surface area contributed by atoms with Crippen molar-refractivity contribution in [1.82, 2.24) is 4.90 Å². The predicted octanol–water partition coefficient (Wildman–Crippen LogP) is 4.31. The monoisotopic (exact) mass is 388 g/mol. The number of halogens is 2. The number of anilines is 1. The lowest BCUT2D eigenvalue weighted by molar-refractivity contribution is -0.129. The maximum absolute atomic E-state index is 12.5. The SMILES string of the molecule is CCN(Cc1ccccc1NC(=O)/C=C/c1ccccc1OC(F)F)C(C)=O. The molecule has 2 amide bonds. The first-order valence-corrected chi connectivity index (χ1v) is 8.77. The van der Waals surface area contributed by atoms with Crippen LogP contribution in [0.2, 0.25) is 0 Å². The van der Waals surface area contributed by atoms with Gasteiger partial charge < -0.3 is 15.0 Å². The number of rotatable bonds is 8. The van der Waals surface area contributed by atoms with Gasteiger partial charge in [0.2, 0.25) is 11.8 Å². The molecule has 0 bridgehead atoms. The van der Waals surface area contributed by atoms with Crippen molar-refractivity contribution in [1.29, 1.82) is 0 Å². The molecular formula is C21H22F2N2O3. The summed E-state index contributed by atoms with van der Waals surface area (Å²) >= 11 is 0. The lowest BCUT2D eigenvalue weighted by Crippen LogP contribution is -2.28. The molecule has 0 spiro atoms. The van der Waals surface area contributed by atoms with Crippen molar-refractivity contribution >= 4 is 23.6 Å². The van der Waals surface area contributed by atoms with E-state index >= 15 is 0 Å². The molecular weight excluding hydrogens is 366 g/mol. The first kappa shape index (κ1) is 21.1. The Balaban J connectivity index is 2.12. The summed E-state index contributed by atoms with van der Waals surface area (Å²) in [6, 6.07) is 13.4. The highest BCUT2D eigenvalue weighted by atomic mass is 19.3. The van der Waals surface area contributed by atoms with Gasteiger partial charge in [-0.05, 0) is 30.7 Å². The molecule has 0 heterocycles. The second kappa shape index (κ2) is 10.2. The van der Waals surface area contributed by atoms with Crippen LogP contribution in [0.3, 0.4) is 0 Å². The van der Waals surface area contributed by atoms with Crippen molar-refractivity contribution in [3.05, 3.63) is 65.7 Å². The van der Waals surface area contributed by atoms with Crippen LogP contribution in [0.5, 0.6) is 5.75 Å². The number of alkyl halides is 2. The van der Waals surface area contributed by atoms with Crippen molar-refractivity contribution in [2.75, 3.05) is 11.9 Å². The molecule has 0 atom stereocenters. The zero-order chi connectivity index (χ0) is 20.5. The zero-order valence-corrected chi connectivity index (χ0v) is 15.7. The topological polar surface area (TPSA) is 58.6 Å². The quantitative estimate of drug-likeness (QED) is 0.686. The summed E-state index contributed by atoms with van der Waals surface area (Å²) in [4.78, 5) is 25.6. The Morgan fingerprint density at radius 2 is 1.82 bits per heavy atom. The van der Waals surface area contributed by atoms with Gasteiger partial charge in [0, 0.05) is 37.3 Å². The van der Waals surface area contributed by atoms with E-state index in [0.717, 1.165) is 5.56 Å². The molecule has 0 fully saturated rings. The van der Waals surface area contributed by atoms with Gasteiger partial charge in [-0.25, -0.2) is 0 Å². The first-order chi connectivity index (χ1) is 13.4. The van der Waals surface area contributed by atoms with Crippen LogP contribution in [0, 0.1) is 0 Å². The lowest BCUT2D eigenvalue weighted by Gasteiger charge is -2.20. The van der Waals surface area contributed by atoms with Gasteiger partial charge >= 0.3 is 6.61 Å². The predicted molar refractivity (Wildman–Crippen MR) is 104 cm³/mol. The summed E-state index contributed by atoms with van der Waals surface area (Å²) in [7, 11) is 0. The number of hydrogen-bond acceptors (Lipinski definition) is 3. The number of amides is 2. The zero-order valence-electron chi connectivity index (χ0n) is 15.7. The van der Waals surface area contributed by atoms with E-state index in [1.165, 1.54) is 25.1 Å². The second-order valence-corrected chi connectivity index (χ2v) is 5.93. The molecule has 2 aromatic rings. The highest BCUT2D eigenvalue weighted by molar-refractivity contribution is 6.02. The van der Waals surface area contributed by atoms with Gasteiger partial charge in [0.1, 0.15) is 5.75 Å². The van der Waals surface area contributed by atoms with E-state index in [-0.39, 0.29) is 11.7 Å². The molecule has 0 unspecified atom stereocenters. The van der Waals surface area contributed by atoms with Crippen LogP contribution in [0.4, 0.5) is 14.5 Å². The molecule has 0 aromatic heterocycles. The summed E-state index contributed by atoms with van der Waals surface area (Å²) in [5.74, 6) is -0.494. The third-order valence-corrected chi connectivity index (χ3v) is 4.01. The maximum atomic E-state index is 12.5. The molecule has 0 aliphatic heterocycles. The molecule has 7 heteroatoms. The van der Waals surface area contributed by atoms with Crippen LogP contribution in [-0.2, 0) is 16.1 Å². The van der Waals surface area contributed by atoms with E-state index in [1.807, 2.05) is 19.1 Å². The van der Waals surface area contributed by atoms with Crippen LogP contribution >= 0.6 is 0 Å².